The molecule has 0 bridgehead atoms. The number of anilines is 1. The fourth-order valence-corrected chi connectivity index (χ4v) is 1.97. The van der Waals surface area contributed by atoms with Crippen LogP contribution in [0.15, 0.2) is 18.3 Å². The molecule has 0 amide bonds. The van der Waals surface area contributed by atoms with Gasteiger partial charge in [0.1, 0.15) is 11.4 Å². The minimum Gasteiger partial charge on any atom is -0.478 e. The summed E-state index contributed by atoms with van der Waals surface area (Å²) in [5.74, 6) is -0.540. The summed E-state index contributed by atoms with van der Waals surface area (Å²) >= 11 is 0. The Balaban J connectivity index is 2.24. The molecule has 4 nitrogen and oxygen atoms in total. The van der Waals surface area contributed by atoms with Crippen LogP contribution in [0.25, 0.3) is 0 Å². The van der Waals surface area contributed by atoms with Crippen LogP contribution in [-0.4, -0.2) is 35.8 Å². The maximum Gasteiger partial charge on any atom is 0.339 e. The van der Waals surface area contributed by atoms with Gasteiger partial charge in [0.05, 0.1) is 6.67 Å². The van der Waals surface area contributed by atoms with Crippen LogP contribution in [0.5, 0.6) is 0 Å². The molecule has 0 aromatic carbocycles. The monoisotopic (exact) mass is 224 g/mol. The summed E-state index contributed by atoms with van der Waals surface area (Å²) in [5, 5.41) is 9.01. The zero-order valence-corrected chi connectivity index (χ0v) is 8.77. The molecular weight excluding hydrogens is 211 g/mol. The van der Waals surface area contributed by atoms with E-state index in [0.29, 0.717) is 18.9 Å². The highest BCUT2D eigenvalue weighted by molar-refractivity contribution is 5.93. The highest BCUT2D eigenvalue weighted by Crippen LogP contribution is 2.25. The molecule has 0 radical (unpaired) electrons. The summed E-state index contributed by atoms with van der Waals surface area (Å²) in [4.78, 5) is 16.9. The Kier molecular flexibility index (Phi) is 3.03. The van der Waals surface area contributed by atoms with Gasteiger partial charge in [0, 0.05) is 25.2 Å². The van der Waals surface area contributed by atoms with Gasteiger partial charge < -0.3 is 10.0 Å². The van der Waals surface area contributed by atoms with Gasteiger partial charge in [0.15, 0.2) is 0 Å². The first-order chi connectivity index (χ1) is 7.72. The molecule has 0 unspecified atom stereocenters. The zero-order chi connectivity index (χ0) is 11.5. The molecule has 16 heavy (non-hydrogen) atoms. The molecule has 1 aromatic rings. The predicted molar refractivity (Wildman–Crippen MR) is 57.5 cm³/mol. The van der Waals surface area contributed by atoms with Crippen molar-refractivity contribution in [3.8, 4) is 0 Å². The van der Waals surface area contributed by atoms with Crippen LogP contribution < -0.4 is 4.90 Å². The Morgan fingerprint density at radius 2 is 2.50 bits per heavy atom. The standard InChI is InChI=1S/C11H13FN2O2/c12-6-8-3-5-14(7-8)10-9(11(15)16)2-1-4-13-10/h1-2,4,8H,3,5-7H2,(H,15,16)/t8-/m1/s1. The molecule has 0 spiro atoms. The Hall–Kier alpha value is -1.65. The third-order valence-electron chi connectivity index (χ3n) is 2.82. The number of hydrogen-bond acceptors (Lipinski definition) is 3. The largest absolute Gasteiger partial charge is 0.478 e. The minimum atomic E-state index is -0.994. The maximum absolute atomic E-state index is 12.5. The van der Waals surface area contributed by atoms with Gasteiger partial charge in [-0.2, -0.15) is 0 Å². The first kappa shape index (κ1) is 10.9. The Morgan fingerprint density at radius 3 is 3.12 bits per heavy atom. The number of alkyl halides is 1. The first-order valence-electron chi connectivity index (χ1n) is 5.21. The number of halogens is 1. The lowest BCUT2D eigenvalue weighted by Gasteiger charge is -2.18. The fraction of sp³-hybridized carbons (Fsp3) is 0.455. The molecule has 0 aliphatic carbocycles. The first-order valence-corrected chi connectivity index (χ1v) is 5.21. The predicted octanol–water partition coefficient (Wildman–Crippen LogP) is 1.58. The van der Waals surface area contributed by atoms with Gasteiger partial charge in [-0.15, -0.1) is 0 Å². The van der Waals surface area contributed by atoms with E-state index in [1.807, 2.05) is 4.90 Å². The summed E-state index contributed by atoms with van der Waals surface area (Å²) in [7, 11) is 0. The molecular formula is C11H13FN2O2. The van der Waals surface area contributed by atoms with Crippen LogP contribution in [0, 0.1) is 5.92 Å². The van der Waals surface area contributed by atoms with Crippen molar-refractivity contribution in [2.75, 3.05) is 24.7 Å². The third-order valence-corrected chi connectivity index (χ3v) is 2.82. The lowest BCUT2D eigenvalue weighted by Crippen LogP contribution is -2.23. The summed E-state index contributed by atoms with van der Waals surface area (Å²) in [5.41, 5.74) is 0.182. The van der Waals surface area contributed by atoms with Crippen molar-refractivity contribution < 1.29 is 14.3 Å². The quantitative estimate of drug-likeness (QED) is 0.846. The highest BCUT2D eigenvalue weighted by Gasteiger charge is 2.26. The van der Waals surface area contributed by atoms with Crippen LogP contribution in [0.2, 0.25) is 0 Å². The Bertz CT molecular complexity index is 397. The Labute approximate surface area is 92.7 Å². The van der Waals surface area contributed by atoms with Crippen molar-refractivity contribution in [3.05, 3.63) is 23.9 Å². The van der Waals surface area contributed by atoms with E-state index in [4.69, 9.17) is 5.11 Å². The van der Waals surface area contributed by atoms with E-state index in [2.05, 4.69) is 4.98 Å². The van der Waals surface area contributed by atoms with Gasteiger partial charge in [0.2, 0.25) is 0 Å². The second-order valence-corrected chi connectivity index (χ2v) is 3.93. The summed E-state index contributed by atoms with van der Waals surface area (Å²) in [6.07, 6.45) is 2.32. The van der Waals surface area contributed by atoms with E-state index in [-0.39, 0.29) is 18.2 Å². The average molecular weight is 224 g/mol. The lowest BCUT2D eigenvalue weighted by atomic mass is 10.1. The minimum absolute atomic E-state index is 0.00338. The maximum atomic E-state index is 12.5. The number of rotatable bonds is 3. The topological polar surface area (TPSA) is 53.4 Å². The molecule has 1 fully saturated rings. The number of carboxylic acids is 1. The van der Waals surface area contributed by atoms with Crippen LogP contribution >= 0.6 is 0 Å². The fourth-order valence-electron chi connectivity index (χ4n) is 1.97. The van der Waals surface area contributed by atoms with Gasteiger partial charge >= 0.3 is 5.97 Å². The van der Waals surface area contributed by atoms with Crippen molar-refractivity contribution in [1.29, 1.82) is 0 Å². The second-order valence-electron chi connectivity index (χ2n) is 3.93. The molecule has 1 aromatic heterocycles. The number of carboxylic acid groups (broad SMARTS) is 1. The average Bonchev–Trinajstić information content (AvgIpc) is 2.77. The van der Waals surface area contributed by atoms with Crippen LogP contribution in [0.1, 0.15) is 16.8 Å². The van der Waals surface area contributed by atoms with E-state index >= 15 is 0 Å². The number of nitrogens with zero attached hydrogens (tertiary/aromatic N) is 2. The van der Waals surface area contributed by atoms with Gasteiger partial charge in [-0.3, -0.25) is 4.39 Å². The number of aromatic carboxylic acids is 1. The van der Waals surface area contributed by atoms with E-state index in [1.165, 1.54) is 6.07 Å². The summed E-state index contributed by atoms with van der Waals surface area (Å²) in [6.45, 7) is 0.866. The van der Waals surface area contributed by atoms with Gasteiger partial charge in [-0.1, -0.05) is 0 Å². The molecule has 1 atom stereocenters. The molecule has 86 valence electrons. The van der Waals surface area contributed by atoms with E-state index in [1.54, 1.807) is 12.3 Å². The van der Waals surface area contributed by atoms with Crippen molar-refractivity contribution in [2.45, 2.75) is 6.42 Å². The van der Waals surface area contributed by atoms with E-state index in [9.17, 15) is 9.18 Å². The zero-order valence-electron chi connectivity index (χ0n) is 8.77. The van der Waals surface area contributed by atoms with Crippen LogP contribution in [0.3, 0.4) is 0 Å². The lowest BCUT2D eigenvalue weighted by molar-refractivity contribution is 0.0697. The highest BCUT2D eigenvalue weighted by atomic mass is 19.1. The van der Waals surface area contributed by atoms with Crippen LogP contribution in [0.4, 0.5) is 10.2 Å². The third kappa shape index (κ3) is 1.98. The van der Waals surface area contributed by atoms with Crippen molar-refractivity contribution in [2.24, 2.45) is 5.92 Å². The molecule has 0 saturated carbocycles. The molecule has 2 rings (SSSR count). The smallest absolute Gasteiger partial charge is 0.339 e. The number of hydrogen-bond donors (Lipinski definition) is 1. The SMILES string of the molecule is O=C(O)c1cccnc1N1CC[C@H](CF)C1. The van der Waals surface area contributed by atoms with E-state index < -0.39 is 5.97 Å². The van der Waals surface area contributed by atoms with Crippen molar-refractivity contribution >= 4 is 11.8 Å². The number of carbonyl (C=O) groups is 1. The number of pyridine rings is 1. The molecule has 2 heterocycles. The Morgan fingerprint density at radius 1 is 1.69 bits per heavy atom. The van der Waals surface area contributed by atoms with Crippen LogP contribution in [-0.2, 0) is 0 Å². The van der Waals surface area contributed by atoms with Crippen molar-refractivity contribution in [1.82, 2.24) is 4.98 Å². The summed E-state index contributed by atoms with van der Waals surface area (Å²) in [6, 6.07) is 3.11. The molecule has 1 N–H and O–H groups in total. The molecule has 1 aliphatic heterocycles. The molecule has 1 aliphatic rings. The summed E-state index contributed by atoms with van der Waals surface area (Å²) < 4.78 is 12.5. The molecule has 5 heteroatoms. The van der Waals surface area contributed by atoms with E-state index in [0.717, 1.165) is 6.42 Å². The van der Waals surface area contributed by atoms with Gasteiger partial charge in [0.25, 0.3) is 0 Å². The second kappa shape index (κ2) is 4.47. The van der Waals surface area contributed by atoms with Gasteiger partial charge in [-0.05, 0) is 18.6 Å². The van der Waals surface area contributed by atoms with Crippen molar-refractivity contribution in [3.63, 3.8) is 0 Å². The normalized spacial score (nSPS) is 20.1. The van der Waals surface area contributed by atoms with Gasteiger partial charge in [-0.25, -0.2) is 9.78 Å². The number of aromatic nitrogens is 1. The molecule has 1 saturated heterocycles.